The van der Waals surface area contributed by atoms with Crippen molar-refractivity contribution >= 4 is 23.3 Å². The number of carbonyl (C=O) groups is 2. The molecular weight excluding hydrogens is 265 g/mol. The van der Waals surface area contributed by atoms with Gasteiger partial charge in [-0.1, -0.05) is 18.2 Å². The molecule has 0 radical (unpaired) electrons. The lowest BCUT2D eigenvalue weighted by atomic mass is 10.1. The van der Waals surface area contributed by atoms with Crippen LogP contribution < -0.4 is 5.32 Å². The van der Waals surface area contributed by atoms with Gasteiger partial charge in [0, 0.05) is 5.69 Å². The molecule has 0 unspecified atom stereocenters. The van der Waals surface area contributed by atoms with Gasteiger partial charge < -0.3 is 15.5 Å². The molecule has 0 heterocycles. The fourth-order valence-electron chi connectivity index (χ4n) is 1.69. The lowest BCUT2D eigenvalue weighted by Gasteiger charge is -2.11. The lowest BCUT2D eigenvalue weighted by Crippen LogP contribution is -2.08. The van der Waals surface area contributed by atoms with E-state index in [2.05, 4.69) is 5.32 Å². The van der Waals surface area contributed by atoms with Crippen LogP contribution in [0.15, 0.2) is 42.5 Å². The van der Waals surface area contributed by atoms with Crippen LogP contribution in [-0.2, 0) is 0 Å². The smallest absolute Gasteiger partial charge is 0.338 e. The zero-order chi connectivity index (χ0) is 14.7. The van der Waals surface area contributed by atoms with E-state index >= 15 is 0 Å². The molecule has 3 N–H and O–H groups in total. The Balaban J connectivity index is 2.51. The molecule has 0 saturated heterocycles. The predicted octanol–water partition coefficient (Wildman–Crippen LogP) is 2.97. The van der Waals surface area contributed by atoms with E-state index in [9.17, 15) is 14.0 Å². The Morgan fingerprint density at radius 2 is 1.55 bits per heavy atom. The number of para-hydroxylation sites is 1. The van der Waals surface area contributed by atoms with E-state index < -0.39 is 23.3 Å². The van der Waals surface area contributed by atoms with Crippen molar-refractivity contribution in [3.63, 3.8) is 0 Å². The van der Waals surface area contributed by atoms with Gasteiger partial charge in [0.05, 0.1) is 16.8 Å². The van der Waals surface area contributed by atoms with E-state index in [-0.39, 0.29) is 11.3 Å². The zero-order valence-corrected chi connectivity index (χ0v) is 10.1. The Bertz CT molecular complexity index is 670. The Kier molecular flexibility index (Phi) is 3.65. The average molecular weight is 275 g/mol. The third kappa shape index (κ3) is 2.74. The van der Waals surface area contributed by atoms with Crippen LogP contribution in [0.5, 0.6) is 0 Å². The summed E-state index contributed by atoms with van der Waals surface area (Å²) in [4.78, 5) is 22.0. The monoisotopic (exact) mass is 275 g/mol. The third-order valence-electron chi connectivity index (χ3n) is 2.62. The summed E-state index contributed by atoms with van der Waals surface area (Å²) in [5.74, 6) is -3.90. The van der Waals surface area contributed by atoms with E-state index in [0.717, 1.165) is 6.07 Å². The first-order valence-electron chi connectivity index (χ1n) is 5.61. The molecule has 2 rings (SSSR count). The van der Waals surface area contributed by atoms with Crippen LogP contribution in [0.3, 0.4) is 0 Å². The number of nitrogens with one attached hydrogen (secondary N) is 1. The number of halogens is 1. The van der Waals surface area contributed by atoms with E-state index in [1.54, 1.807) is 30.3 Å². The van der Waals surface area contributed by atoms with Crippen LogP contribution in [0.1, 0.15) is 20.7 Å². The molecule has 0 spiro atoms. The number of hydrogen-bond acceptors (Lipinski definition) is 3. The minimum atomic E-state index is -1.46. The molecule has 6 heteroatoms. The molecule has 0 saturated carbocycles. The van der Waals surface area contributed by atoms with Gasteiger partial charge in [0.25, 0.3) is 0 Å². The summed E-state index contributed by atoms with van der Waals surface area (Å²) in [6.45, 7) is 0. The number of anilines is 2. The molecule has 0 atom stereocenters. The first kappa shape index (κ1) is 13.5. The number of rotatable bonds is 4. The molecule has 2 aromatic rings. The first-order valence-corrected chi connectivity index (χ1v) is 5.61. The highest BCUT2D eigenvalue weighted by atomic mass is 19.1. The normalized spacial score (nSPS) is 10.1. The second-order valence-corrected chi connectivity index (χ2v) is 3.98. The van der Waals surface area contributed by atoms with Crippen molar-refractivity contribution in [2.75, 3.05) is 5.32 Å². The minimum Gasteiger partial charge on any atom is -0.478 e. The van der Waals surface area contributed by atoms with E-state index in [0.29, 0.717) is 11.8 Å². The Hall–Kier alpha value is -2.89. The van der Waals surface area contributed by atoms with Gasteiger partial charge in [0.1, 0.15) is 5.82 Å². The summed E-state index contributed by atoms with van der Waals surface area (Å²) in [7, 11) is 0. The lowest BCUT2D eigenvalue weighted by molar-refractivity contribution is 0.0677. The number of aromatic carboxylic acids is 2. The van der Waals surface area contributed by atoms with Gasteiger partial charge in [-0.3, -0.25) is 0 Å². The molecule has 0 aromatic heterocycles. The maximum Gasteiger partial charge on any atom is 0.338 e. The molecule has 0 aliphatic heterocycles. The highest BCUT2D eigenvalue weighted by molar-refractivity contribution is 5.98. The summed E-state index contributed by atoms with van der Waals surface area (Å²) < 4.78 is 13.5. The summed E-state index contributed by atoms with van der Waals surface area (Å²) in [5.41, 5.74) is -0.342. The number of hydrogen-bond donors (Lipinski definition) is 3. The molecule has 0 amide bonds. The Morgan fingerprint density at radius 1 is 0.950 bits per heavy atom. The molecule has 0 aliphatic carbocycles. The first-order chi connectivity index (χ1) is 9.49. The molecule has 5 nitrogen and oxygen atoms in total. The van der Waals surface area contributed by atoms with Crippen molar-refractivity contribution < 1.29 is 24.2 Å². The maximum atomic E-state index is 13.5. The van der Waals surface area contributed by atoms with E-state index in [1.807, 2.05) is 0 Å². The van der Waals surface area contributed by atoms with Crippen LogP contribution in [0.4, 0.5) is 15.8 Å². The highest BCUT2D eigenvalue weighted by Gasteiger charge is 2.18. The fourth-order valence-corrected chi connectivity index (χ4v) is 1.69. The van der Waals surface area contributed by atoms with Crippen molar-refractivity contribution in [1.82, 2.24) is 0 Å². The fraction of sp³-hybridized carbons (Fsp3) is 0. The number of benzene rings is 2. The second kappa shape index (κ2) is 5.40. The van der Waals surface area contributed by atoms with Gasteiger partial charge in [0.2, 0.25) is 0 Å². The average Bonchev–Trinajstić information content (AvgIpc) is 2.41. The summed E-state index contributed by atoms with van der Waals surface area (Å²) >= 11 is 0. The predicted molar refractivity (Wildman–Crippen MR) is 70.0 cm³/mol. The second-order valence-electron chi connectivity index (χ2n) is 3.98. The largest absolute Gasteiger partial charge is 0.478 e. The topological polar surface area (TPSA) is 86.6 Å². The quantitative estimate of drug-likeness (QED) is 0.798. The van der Waals surface area contributed by atoms with Crippen molar-refractivity contribution in [3.05, 3.63) is 59.4 Å². The molecule has 0 bridgehead atoms. The van der Waals surface area contributed by atoms with Crippen LogP contribution in [0.25, 0.3) is 0 Å². The van der Waals surface area contributed by atoms with Crippen LogP contribution in [-0.4, -0.2) is 22.2 Å². The maximum absolute atomic E-state index is 13.5. The van der Waals surface area contributed by atoms with Crippen molar-refractivity contribution in [2.45, 2.75) is 0 Å². The van der Waals surface area contributed by atoms with Crippen LogP contribution in [0.2, 0.25) is 0 Å². The molecule has 102 valence electrons. The summed E-state index contributed by atoms with van der Waals surface area (Å²) in [5, 5.41) is 20.7. The van der Waals surface area contributed by atoms with Gasteiger partial charge >= 0.3 is 11.9 Å². The van der Waals surface area contributed by atoms with Gasteiger partial charge in [-0.2, -0.15) is 0 Å². The van der Waals surface area contributed by atoms with Crippen LogP contribution >= 0.6 is 0 Å². The third-order valence-corrected chi connectivity index (χ3v) is 2.62. The van der Waals surface area contributed by atoms with Gasteiger partial charge in [-0.15, -0.1) is 0 Å². The van der Waals surface area contributed by atoms with Crippen molar-refractivity contribution in [1.29, 1.82) is 0 Å². The highest BCUT2D eigenvalue weighted by Crippen LogP contribution is 2.24. The molecule has 20 heavy (non-hydrogen) atoms. The molecule has 0 fully saturated rings. The van der Waals surface area contributed by atoms with Crippen molar-refractivity contribution in [2.24, 2.45) is 0 Å². The number of carboxylic acid groups (broad SMARTS) is 2. The van der Waals surface area contributed by atoms with Crippen LogP contribution in [0, 0.1) is 5.82 Å². The Morgan fingerprint density at radius 3 is 2.10 bits per heavy atom. The van der Waals surface area contributed by atoms with Gasteiger partial charge in [-0.05, 0) is 24.3 Å². The minimum absolute atomic E-state index is 0.0162. The standard InChI is InChI=1S/C14H10FNO4/c15-11-6-10(14(19)20)12(7-9(11)13(17)18)16-8-4-2-1-3-5-8/h1-7,16H,(H,17,18)(H,19,20). The summed E-state index contributed by atoms with van der Waals surface area (Å²) in [6, 6.07) is 10.2. The molecule has 2 aromatic carbocycles. The Labute approximate surface area is 113 Å². The van der Waals surface area contributed by atoms with Gasteiger partial charge in [-0.25, -0.2) is 14.0 Å². The van der Waals surface area contributed by atoms with E-state index in [4.69, 9.17) is 10.2 Å². The van der Waals surface area contributed by atoms with E-state index in [1.165, 1.54) is 0 Å². The molecule has 0 aliphatic rings. The van der Waals surface area contributed by atoms with Gasteiger partial charge in [0.15, 0.2) is 0 Å². The molecular formula is C14H10FNO4. The summed E-state index contributed by atoms with van der Waals surface area (Å²) in [6.07, 6.45) is 0. The number of carboxylic acids is 2. The zero-order valence-electron chi connectivity index (χ0n) is 10.1. The SMILES string of the molecule is O=C(O)c1cc(Nc2ccccc2)c(C(=O)O)cc1F. The van der Waals surface area contributed by atoms with Crippen molar-refractivity contribution in [3.8, 4) is 0 Å².